The summed E-state index contributed by atoms with van der Waals surface area (Å²) in [4.78, 5) is 24.3. The number of ether oxygens (including phenoxy) is 2. The lowest BCUT2D eigenvalue weighted by Gasteiger charge is -2.16. The highest BCUT2D eigenvalue weighted by atomic mass is 79.9. The zero-order valence-electron chi connectivity index (χ0n) is 19.1. The molecular formula is C25H26BrN3O4S. The van der Waals surface area contributed by atoms with E-state index in [1.807, 2.05) is 55.5 Å². The van der Waals surface area contributed by atoms with Gasteiger partial charge in [0, 0.05) is 9.86 Å². The Labute approximate surface area is 212 Å². The third kappa shape index (κ3) is 6.91. The molecule has 3 rings (SSSR count). The van der Waals surface area contributed by atoms with Crippen molar-refractivity contribution in [3.05, 3.63) is 70.2 Å². The minimum absolute atomic E-state index is 0.0526. The molecule has 7 nitrogen and oxygen atoms in total. The highest BCUT2D eigenvalue weighted by Crippen LogP contribution is 2.32. The van der Waals surface area contributed by atoms with Crippen LogP contribution in [-0.2, 0) is 9.59 Å². The van der Waals surface area contributed by atoms with Crippen LogP contribution in [-0.4, -0.2) is 30.1 Å². The summed E-state index contributed by atoms with van der Waals surface area (Å²) < 4.78 is 12.3. The predicted octanol–water partition coefficient (Wildman–Crippen LogP) is 4.51. The van der Waals surface area contributed by atoms with E-state index in [9.17, 15) is 9.59 Å². The molecule has 0 fully saturated rings. The van der Waals surface area contributed by atoms with E-state index in [4.69, 9.17) is 21.7 Å². The number of hydrogen-bond donors (Lipinski definition) is 3. The summed E-state index contributed by atoms with van der Waals surface area (Å²) in [5, 5.41) is 4.35. The van der Waals surface area contributed by atoms with Gasteiger partial charge in [-0.1, -0.05) is 66.2 Å². The van der Waals surface area contributed by atoms with Crippen LogP contribution >= 0.6 is 28.1 Å². The standard InChI is InChI=1S/C25H26BrN3O4S/c1-15(2)19-12-20(26)16(3)11-22(19)33-13-23(30)27-25(34)29-28-24(31)14-32-21-10-6-8-17-7-4-5-9-18(17)21/h4-12,15H,13-14H2,1-3H3,(H,28,31)(H2,27,29,30,34). The second-order valence-corrected chi connectivity index (χ2v) is 9.16. The zero-order chi connectivity index (χ0) is 24.7. The predicted molar refractivity (Wildman–Crippen MR) is 140 cm³/mol. The van der Waals surface area contributed by atoms with E-state index in [0.717, 1.165) is 26.4 Å². The van der Waals surface area contributed by atoms with Gasteiger partial charge >= 0.3 is 0 Å². The molecule has 3 aromatic rings. The number of halogens is 1. The van der Waals surface area contributed by atoms with E-state index in [1.54, 1.807) is 6.07 Å². The summed E-state index contributed by atoms with van der Waals surface area (Å²) in [5.41, 5.74) is 6.89. The highest BCUT2D eigenvalue weighted by Gasteiger charge is 2.13. The minimum atomic E-state index is -0.451. The Morgan fingerprint density at radius 1 is 0.941 bits per heavy atom. The van der Waals surface area contributed by atoms with Crippen LogP contribution in [0.25, 0.3) is 10.8 Å². The third-order valence-electron chi connectivity index (χ3n) is 4.95. The Morgan fingerprint density at radius 3 is 2.38 bits per heavy atom. The summed E-state index contributed by atoms with van der Waals surface area (Å²) in [7, 11) is 0. The maximum Gasteiger partial charge on any atom is 0.276 e. The van der Waals surface area contributed by atoms with Gasteiger partial charge in [0.25, 0.3) is 11.8 Å². The Hall–Kier alpha value is -3.17. The van der Waals surface area contributed by atoms with Gasteiger partial charge in [0.15, 0.2) is 18.3 Å². The van der Waals surface area contributed by atoms with E-state index in [2.05, 4.69) is 45.9 Å². The van der Waals surface area contributed by atoms with Gasteiger partial charge in [0.2, 0.25) is 0 Å². The third-order valence-corrected chi connectivity index (χ3v) is 6.01. The smallest absolute Gasteiger partial charge is 0.276 e. The van der Waals surface area contributed by atoms with Crippen molar-refractivity contribution in [2.45, 2.75) is 26.7 Å². The molecule has 0 spiro atoms. The number of amides is 2. The highest BCUT2D eigenvalue weighted by molar-refractivity contribution is 9.10. The Balaban J connectivity index is 1.43. The van der Waals surface area contributed by atoms with E-state index in [-0.39, 0.29) is 24.2 Å². The average molecular weight is 544 g/mol. The molecule has 3 aromatic carbocycles. The molecule has 0 heterocycles. The van der Waals surface area contributed by atoms with Gasteiger partial charge in [0.1, 0.15) is 11.5 Å². The normalized spacial score (nSPS) is 10.6. The number of rotatable bonds is 7. The molecule has 0 saturated heterocycles. The molecule has 0 atom stereocenters. The molecule has 0 aliphatic carbocycles. The van der Waals surface area contributed by atoms with Crippen LogP contribution in [0.4, 0.5) is 0 Å². The topological polar surface area (TPSA) is 88.7 Å². The summed E-state index contributed by atoms with van der Waals surface area (Å²) in [6, 6.07) is 17.2. The fourth-order valence-corrected chi connectivity index (χ4v) is 3.74. The number of fused-ring (bicyclic) bond motifs is 1. The van der Waals surface area contributed by atoms with Crippen LogP contribution in [0.1, 0.15) is 30.9 Å². The largest absolute Gasteiger partial charge is 0.483 e. The van der Waals surface area contributed by atoms with E-state index >= 15 is 0 Å². The fourth-order valence-electron chi connectivity index (χ4n) is 3.21. The SMILES string of the molecule is Cc1cc(OCC(=O)NC(=S)NNC(=O)COc2cccc3ccccc23)c(C(C)C)cc1Br. The number of carbonyl (C=O) groups excluding carboxylic acids is 2. The quantitative estimate of drug-likeness (QED) is 0.300. The van der Waals surface area contributed by atoms with Crippen molar-refractivity contribution in [1.82, 2.24) is 16.2 Å². The number of aryl methyl sites for hydroxylation is 1. The summed E-state index contributed by atoms with van der Waals surface area (Å²) in [6.45, 7) is 5.61. The number of benzene rings is 3. The maximum atomic E-state index is 12.2. The fraction of sp³-hybridized carbons (Fsp3) is 0.240. The van der Waals surface area contributed by atoms with Crippen molar-refractivity contribution >= 4 is 55.8 Å². The molecule has 0 radical (unpaired) electrons. The first-order chi connectivity index (χ1) is 16.2. The van der Waals surface area contributed by atoms with Crippen LogP contribution < -0.4 is 25.6 Å². The van der Waals surface area contributed by atoms with Crippen LogP contribution in [0.3, 0.4) is 0 Å². The van der Waals surface area contributed by atoms with E-state index in [1.165, 1.54) is 0 Å². The van der Waals surface area contributed by atoms with Gasteiger partial charge in [-0.05, 0) is 59.8 Å². The Kier molecular flexibility index (Phi) is 8.84. The first-order valence-corrected chi connectivity index (χ1v) is 11.9. The number of thiocarbonyl (C=S) groups is 1. The van der Waals surface area contributed by atoms with Crippen molar-refractivity contribution in [3.63, 3.8) is 0 Å². The molecule has 0 bridgehead atoms. The molecule has 34 heavy (non-hydrogen) atoms. The van der Waals surface area contributed by atoms with Crippen molar-refractivity contribution in [2.75, 3.05) is 13.2 Å². The lowest BCUT2D eigenvalue weighted by Crippen LogP contribution is -2.50. The van der Waals surface area contributed by atoms with Crippen LogP contribution in [0.2, 0.25) is 0 Å². The molecule has 9 heteroatoms. The second kappa shape index (κ2) is 11.8. The Morgan fingerprint density at radius 2 is 1.62 bits per heavy atom. The van der Waals surface area contributed by atoms with Gasteiger partial charge < -0.3 is 9.47 Å². The van der Waals surface area contributed by atoms with Crippen molar-refractivity contribution in [1.29, 1.82) is 0 Å². The number of nitrogens with one attached hydrogen (secondary N) is 3. The van der Waals surface area contributed by atoms with Crippen LogP contribution in [0, 0.1) is 6.92 Å². The Bertz CT molecular complexity index is 1210. The molecule has 178 valence electrons. The summed E-state index contributed by atoms with van der Waals surface area (Å²) >= 11 is 8.59. The number of carbonyl (C=O) groups is 2. The first-order valence-electron chi connectivity index (χ1n) is 10.7. The van der Waals surface area contributed by atoms with Gasteiger partial charge in [-0.2, -0.15) is 0 Å². The molecule has 0 aromatic heterocycles. The van der Waals surface area contributed by atoms with Crippen molar-refractivity contribution < 1.29 is 19.1 Å². The molecular weight excluding hydrogens is 518 g/mol. The molecule has 0 aliphatic heterocycles. The lowest BCUT2D eigenvalue weighted by atomic mass is 10.0. The molecule has 0 aliphatic rings. The number of hydrogen-bond acceptors (Lipinski definition) is 5. The monoisotopic (exact) mass is 543 g/mol. The summed E-state index contributed by atoms with van der Waals surface area (Å²) in [6.07, 6.45) is 0. The summed E-state index contributed by atoms with van der Waals surface area (Å²) in [5.74, 6) is 0.569. The van der Waals surface area contributed by atoms with Gasteiger partial charge in [-0.25, -0.2) is 0 Å². The lowest BCUT2D eigenvalue weighted by molar-refractivity contribution is -0.124. The van der Waals surface area contributed by atoms with Crippen LogP contribution in [0.5, 0.6) is 11.5 Å². The first kappa shape index (κ1) is 25.5. The minimum Gasteiger partial charge on any atom is -0.483 e. The second-order valence-electron chi connectivity index (χ2n) is 7.90. The maximum absolute atomic E-state index is 12.2. The van der Waals surface area contributed by atoms with Gasteiger partial charge in [0.05, 0.1) is 0 Å². The average Bonchev–Trinajstić information content (AvgIpc) is 2.81. The molecule has 0 unspecified atom stereocenters. The van der Waals surface area contributed by atoms with E-state index in [0.29, 0.717) is 11.5 Å². The molecule has 2 amide bonds. The van der Waals surface area contributed by atoms with Crippen LogP contribution in [0.15, 0.2) is 59.1 Å². The molecule has 0 saturated carbocycles. The molecule has 3 N–H and O–H groups in total. The van der Waals surface area contributed by atoms with Gasteiger partial charge in [-0.15, -0.1) is 0 Å². The number of hydrazine groups is 1. The van der Waals surface area contributed by atoms with Crippen molar-refractivity contribution in [3.8, 4) is 11.5 Å². The van der Waals surface area contributed by atoms with Crippen molar-refractivity contribution in [2.24, 2.45) is 0 Å². The van der Waals surface area contributed by atoms with E-state index < -0.39 is 11.8 Å². The van der Waals surface area contributed by atoms with Gasteiger partial charge in [-0.3, -0.25) is 25.8 Å². The zero-order valence-corrected chi connectivity index (χ0v) is 21.5.